The van der Waals surface area contributed by atoms with Gasteiger partial charge in [-0.15, -0.1) is 0 Å². The Hall–Kier alpha value is -0.770. The van der Waals surface area contributed by atoms with Crippen molar-refractivity contribution in [2.75, 3.05) is 6.61 Å². The molecule has 1 heterocycles. The summed E-state index contributed by atoms with van der Waals surface area (Å²) in [4.78, 5) is 11.9. The normalized spacial score (nSPS) is 20.3. The number of halogens is 2. The molecule has 1 aromatic carbocycles. The SMILES string of the molecule is C[C@@H](NC(=O)Cc1ccc(Cl)c(Cl)c1)[C@H]1CCCO1. The number of carbonyl (C=O) groups is 1. The molecule has 19 heavy (non-hydrogen) atoms. The molecule has 1 aliphatic heterocycles. The van der Waals surface area contributed by atoms with Crippen LogP contribution in [-0.4, -0.2) is 24.7 Å². The molecule has 5 heteroatoms. The van der Waals surface area contributed by atoms with E-state index < -0.39 is 0 Å². The first-order chi connectivity index (χ1) is 9.06. The van der Waals surface area contributed by atoms with Crippen LogP contribution in [0.3, 0.4) is 0 Å². The van der Waals surface area contributed by atoms with Crippen LogP contribution in [0.4, 0.5) is 0 Å². The van der Waals surface area contributed by atoms with Crippen molar-refractivity contribution < 1.29 is 9.53 Å². The second-order valence-electron chi connectivity index (χ2n) is 4.83. The van der Waals surface area contributed by atoms with Crippen LogP contribution in [-0.2, 0) is 16.0 Å². The molecule has 0 unspecified atom stereocenters. The van der Waals surface area contributed by atoms with Crippen molar-refractivity contribution >= 4 is 29.1 Å². The van der Waals surface area contributed by atoms with E-state index in [0.29, 0.717) is 16.5 Å². The standard InChI is InChI=1S/C14H17Cl2NO2/c1-9(13-3-2-6-19-13)17-14(18)8-10-4-5-11(15)12(16)7-10/h4-5,7,9,13H,2-3,6,8H2,1H3,(H,17,18)/t9-,13-/m1/s1. The summed E-state index contributed by atoms with van der Waals surface area (Å²) >= 11 is 11.8. The summed E-state index contributed by atoms with van der Waals surface area (Å²) in [7, 11) is 0. The third-order valence-electron chi connectivity index (χ3n) is 3.26. The monoisotopic (exact) mass is 301 g/mol. The third-order valence-corrected chi connectivity index (χ3v) is 4.00. The lowest BCUT2D eigenvalue weighted by molar-refractivity contribution is -0.121. The molecule has 0 aliphatic carbocycles. The van der Waals surface area contributed by atoms with Crippen molar-refractivity contribution in [1.82, 2.24) is 5.32 Å². The Morgan fingerprint density at radius 2 is 2.26 bits per heavy atom. The van der Waals surface area contributed by atoms with Crippen LogP contribution in [0.25, 0.3) is 0 Å². The Morgan fingerprint density at radius 3 is 2.89 bits per heavy atom. The molecular formula is C14H17Cl2NO2. The first kappa shape index (κ1) is 14.6. The molecule has 1 saturated heterocycles. The minimum atomic E-state index is -0.0265. The zero-order chi connectivity index (χ0) is 13.8. The van der Waals surface area contributed by atoms with Gasteiger partial charge in [-0.3, -0.25) is 4.79 Å². The minimum Gasteiger partial charge on any atom is -0.376 e. The van der Waals surface area contributed by atoms with E-state index >= 15 is 0 Å². The van der Waals surface area contributed by atoms with E-state index in [4.69, 9.17) is 27.9 Å². The van der Waals surface area contributed by atoms with Crippen LogP contribution < -0.4 is 5.32 Å². The van der Waals surface area contributed by atoms with Crippen molar-refractivity contribution in [1.29, 1.82) is 0 Å². The lowest BCUT2D eigenvalue weighted by Crippen LogP contribution is -2.41. The molecule has 3 nitrogen and oxygen atoms in total. The van der Waals surface area contributed by atoms with E-state index in [9.17, 15) is 4.79 Å². The summed E-state index contributed by atoms with van der Waals surface area (Å²) in [6.07, 6.45) is 2.51. The number of benzene rings is 1. The number of hydrogen-bond donors (Lipinski definition) is 1. The molecule has 0 saturated carbocycles. The zero-order valence-electron chi connectivity index (χ0n) is 10.8. The fourth-order valence-corrected chi connectivity index (χ4v) is 2.55. The molecule has 0 spiro atoms. The van der Waals surface area contributed by atoms with Gasteiger partial charge in [0, 0.05) is 6.61 Å². The highest BCUT2D eigenvalue weighted by Crippen LogP contribution is 2.23. The summed E-state index contributed by atoms with van der Waals surface area (Å²) in [5, 5.41) is 3.93. The second kappa shape index (κ2) is 6.60. The lowest BCUT2D eigenvalue weighted by atomic mass is 10.1. The van der Waals surface area contributed by atoms with Crippen LogP contribution >= 0.6 is 23.2 Å². The Bertz CT molecular complexity index is 459. The molecule has 1 amide bonds. The van der Waals surface area contributed by atoms with Gasteiger partial charge < -0.3 is 10.1 Å². The largest absolute Gasteiger partial charge is 0.376 e. The van der Waals surface area contributed by atoms with Crippen molar-refractivity contribution in [3.8, 4) is 0 Å². The number of nitrogens with one attached hydrogen (secondary N) is 1. The number of amides is 1. The average Bonchev–Trinajstić information content (AvgIpc) is 2.87. The summed E-state index contributed by atoms with van der Waals surface area (Å²) in [6.45, 7) is 2.76. The summed E-state index contributed by atoms with van der Waals surface area (Å²) < 4.78 is 5.55. The van der Waals surface area contributed by atoms with Gasteiger partial charge in [-0.2, -0.15) is 0 Å². The van der Waals surface area contributed by atoms with Crippen LogP contribution in [0.5, 0.6) is 0 Å². The Balaban J connectivity index is 1.88. The van der Waals surface area contributed by atoms with Crippen LogP contribution in [0.15, 0.2) is 18.2 Å². The zero-order valence-corrected chi connectivity index (χ0v) is 12.3. The number of rotatable bonds is 4. The maximum absolute atomic E-state index is 11.9. The van der Waals surface area contributed by atoms with E-state index in [-0.39, 0.29) is 18.1 Å². The predicted molar refractivity (Wildman–Crippen MR) is 76.7 cm³/mol. The molecule has 1 aromatic rings. The highest BCUT2D eigenvalue weighted by Gasteiger charge is 2.23. The lowest BCUT2D eigenvalue weighted by Gasteiger charge is -2.20. The first-order valence-electron chi connectivity index (χ1n) is 6.41. The predicted octanol–water partition coefficient (Wildman–Crippen LogP) is 3.22. The van der Waals surface area contributed by atoms with Gasteiger partial charge in [0.05, 0.1) is 28.6 Å². The van der Waals surface area contributed by atoms with Crippen molar-refractivity contribution in [2.24, 2.45) is 0 Å². The Kier molecular flexibility index (Phi) is 5.08. The highest BCUT2D eigenvalue weighted by atomic mass is 35.5. The van der Waals surface area contributed by atoms with Gasteiger partial charge in [0.1, 0.15) is 0 Å². The molecule has 1 fully saturated rings. The number of ether oxygens (including phenoxy) is 1. The van der Waals surface area contributed by atoms with Gasteiger partial charge >= 0.3 is 0 Å². The minimum absolute atomic E-state index is 0.0265. The van der Waals surface area contributed by atoms with E-state index in [2.05, 4.69) is 5.32 Å². The molecule has 104 valence electrons. The maximum atomic E-state index is 11.9. The molecule has 2 atom stereocenters. The fraction of sp³-hybridized carbons (Fsp3) is 0.500. The smallest absolute Gasteiger partial charge is 0.224 e. The maximum Gasteiger partial charge on any atom is 0.224 e. The van der Waals surface area contributed by atoms with Crippen molar-refractivity contribution in [3.63, 3.8) is 0 Å². The van der Waals surface area contributed by atoms with E-state index in [1.165, 1.54) is 0 Å². The number of hydrogen-bond acceptors (Lipinski definition) is 2. The topological polar surface area (TPSA) is 38.3 Å². The molecular weight excluding hydrogens is 285 g/mol. The molecule has 2 rings (SSSR count). The van der Waals surface area contributed by atoms with Gasteiger partial charge in [0.15, 0.2) is 0 Å². The molecule has 0 radical (unpaired) electrons. The number of carbonyl (C=O) groups excluding carboxylic acids is 1. The molecule has 1 N–H and O–H groups in total. The third kappa shape index (κ3) is 4.10. The molecule has 0 bridgehead atoms. The van der Waals surface area contributed by atoms with E-state index in [1.807, 2.05) is 13.0 Å². The Morgan fingerprint density at radius 1 is 1.47 bits per heavy atom. The van der Waals surface area contributed by atoms with Crippen LogP contribution in [0, 0.1) is 0 Å². The summed E-state index contributed by atoms with van der Waals surface area (Å²) in [5.41, 5.74) is 0.853. The van der Waals surface area contributed by atoms with Gasteiger partial charge in [-0.1, -0.05) is 29.3 Å². The first-order valence-corrected chi connectivity index (χ1v) is 7.17. The van der Waals surface area contributed by atoms with E-state index in [0.717, 1.165) is 25.0 Å². The highest BCUT2D eigenvalue weighted by molar-refractivity contribution is 6.42. The molecule has 0 aromatic heterocycles. The summed E-state index contributed by atoms with van der Waals surface area (Å²) in [6, 6.07) is 5.28. The van der Waals surface area contributed by atoms with Crippen LogP contribution in [0.1, 0.15) is 25.3 Å². The average molecular weight is 302 g/mol. The summed E-state index contributed by atoms with van der Waals surface area (Å²) in [5.74, 6) is -0.0265. The van der Waals surface area contributed by atoms with Crippen LogP contribution in [0.2, 0.25) is 10.0 Å². The molecule has 1 aliphatic rings. The van der Waals surface area contributed by atoms with Gasteiger partial charge in [0.2, 0.25) is 5.91 Å². The Labute approximate surface area is 123 Å². The van der Waals surface area contributed by atoms with Gasteiger partial charge in [0.25, 0.3) is 0 Å². The fourth-order valence-electron chi connectivity index (χ4n) is 2.23. The van der Waals surface area contributed by atoms with E-state index in [1.54, 1.807) is 12.1 Å². The van der Waals surface area contributed by atoms with Gasteiger partial charge in [-0.05, 0) is 37.5 Å². The quantitative estimate of drug-likeness (QED) is 0.927. The van der Waals surface area contributed by atoms with Gasteiger partial charge in [-0.25, -0.2) is 0 Å². The van der Waals surface area contributed by atoms with Crippen molar-refractivity contribution in [3.05, 3.63) is 33.8 Å². The van der Waals surface area contributed by atoms with Crippen molar-refractivity contribution in [2.45, 2.75) is 38.3 Å². The second-order valence-corrected chi connectivity index (χ2v) is 5.65.